The van der Waals surface area contributed by atoms with Gasteiger partial charge >= 0.3 is 0 Å². The quantitative estimate of drug-likeness (QED) is 0.918. The van der Waals surface area contributed by atoms with Gasteiger partial charge in [0, 0.05) is 30.7 Å². The highest BCUT2D eigenvalue weighted by Gasteiger charge is 2.26. The van der Waals surface area contributed by atoms with E-state index < -0.39 is 0 Å². The van der Waals surface area contributed by atoms with E-state index in [1.807, 2.05) is 13.8 Å². The molecule has 1 aromatic heterocycles. The molecule has 100 valence electrons. The van der Waals surface area contributed by atoms with Crippen molar-refractivity contribution in [3.63, 3.8) is 0 Å². The van der Waals surface area contributed by atoms with Crippen LogP contribution >= 0.6 is 11.6 Å². The maximum atomic E-state index is 9.15. The first-order chi connectivity index (χ1) is 8.58. The second kappa shape index (κ2) is 5.87. The van der Waals surface area contributed by atoms with Gasteiger partial charge in [0.05, 0.1) is 23.8 Å². The molecule has 4 nitrogen and oxygen atoms in total. The van der Waals surface area contributed by atoms with Crippen molar-refractivity contribution in [1.82, 2.24) is 4.98 Å². The Hall–Kier alpha value is -0.840. The average Bonchev–Trinajstić information content (AvgIpc) is 2.30. The highest BCUT2D eigenvalue weighted by atomic mass is 35.5. The average molecular weight is 272 g/mol. The Kier molecular flexibility index (Phi) is 4.43. The summed E-state index contributed by atoms with van der Waals surface area (Å²) in [5.41, 5.74) is 0.634. The molecule has 2 unspecified atom stereocenters. The van der Waals surface area contributed by atoms with E-state index in [2.05, 4.69) is 4.98 Å². The van der Waals surface area contributed by atoms with E-state index in [-0.39, 0.29) is 24.9 Å². The van der Waals surface area contributed by atoms with E-state index in [0.717, 1.165) is 12.8 Å². The third-order valence-electron chi connectivity index (χ3n) is 3.02. The number of pyridine rings is 1. The van der Waals surface area contributed by atoms with Crippen LogP contribution in [0.1, 0.15) is 32.3 Å². The zero-order valence-corrected chi connectivity index (χ0v) is 11.4. The molecule has 0 spiro atoms. The van der Waals surface area contributed by atoms with E-state index in [4.69, 9.17) is 26.2 Å². The van der Waals surface area contributed by atoms with Crippen LogP contribution in [0.5, 0.6) is 5.88 Å². The largest absolute Gasteiger partial charge is 0.474 e. The number of rotatable bonds is 3. The van der Waals surface area contributed by atoms with Gasteiger partial charge in [0.2, 0.25) is 5.88 Å². The van der Waals surface area contributed by atoms with Crippen LogP contribution in [-0.4, -0.2) is 28.4 Å². The molecule has 1 saturated heterocycles. The van der Waals surface area contributed by atoms with Crippen molar-refractivity contribution in [2.24, 2.45) is 0 Å². The summed E-state index contributed by atoms with van der Waals surface area (Å²) in [6.45, 7) is 3.97. The highest BCUT2D eigenvalue weighted by molar-refractivity contribution is 6.31. The van der Waals surface area contributed by atoms with Gasteiger partial charge < -0.3 is 14.6 Å². The topological polar surface area (TPSA) is 51.6 Å². The summed E-state index contributed by atoms with van der Waals surface area (Å²) in [5.74, 6) is 0.509. The van der Waals surface area contributed by atoms with Crippen molar-refractivity contribution in [2.75, 3.05) is 0 Å². The first-order valence-corrected chi connectivity index (χ1v) is 6.53. The smallest absolute Gasteiger partial charge is 0.213 e. The minimum Gasteiger partial charge on any atom is -0.474 e. The molecule has 2 atom stereocenters. The predicted molar refractivity (Wildman–Crippen MR) is 68.8 cm³/mol. The highest BCUT2D eigenvalue weighted by Crippen LogP contribution is 2.25. The number of halogens is 1. The first kappa shape index (κ1) is 13.6. The second-order valence-corrected chi connectivity index (χ2v) is 5.15. The van der Waals surface area contributed by atoms with Gasteiger partial charge in [-0.3, -0.25) is 0 Å². The molecule has 1 aromatic rings. The summed E-state index contributed by atoms with van der Waals surface area (Å²) in [6, 6.07) is 1.69. The van der Waals surface area contributed by atoms with Crippen LogP contribution in [0.15, 0.2) is 12.3 Å². The monoisotopic (exact) mass is 271 g/mol. The Morgan fingerprint density at radius 3 is 2.72 bits per heavy atom. The Bertz CT molecular complexity index is 403. The standard InChI is InChI=1S/C13H18ClNO3/c1-8-3-11(4-9(2)17-8)18-13-5-10(7-16)12(14)6-15-13/h5-6,8-9,11,16H,3-4,7H2,1-2H3. The zero-order chi connectivity index (χ0) is 13.1. The molecule has 0 saturated carbocycles. The molecule has 1 aliphatic rings. The summed E-state index contributed by atoms with van der Waals surface area (Å²) in [7, 11) is 0. The van der Waals surface area contributed by atoms with Crippen molar-refractivity contribution in [1.29, 1.82) is 0 Å². The summed E-state index contributed by atoms with van der Waals surface area (Å²) >= 11 is 5.89. The summed E-state index contributed by atoms with van der Waals surface area (Å²) in [6.07, 6.45) is 3.71. The molecule has 0 aliphatic carbocycles. The van der Waals surface area contributed by atoms with Crippen LogP contribution in [0.25, 0.3) is 0 Å². The number of aliphatic hydroxyl groups excluding tert-OH is 1. The fourth-order valence-corrected chi connectivity index (χ4v) is 2.42. The van der Waals surface area contributed by atoms with E-state index >= 15 is 0 Å². The SMILES string of the molecule is CC1CC(Oc2cc(CO)c(Cl)cn2)CC(C)O1. The van der Waals surface area contributed by atoms with Gasteiger partial charge in [-0.05, 0) is 13.8 Å². The maximum absolute atomic E-state index is 9.15. The Morgan fingerprint density at radius 1 is 1.44 bits per heavy atom. The van der Waals surface area contributed by atoms with Crippen molar-refractivity contribution >= 4 is 11.6 Å². The summed E-state index contributed by atoms with van der Waals surface area (Å²) in [4.78, 5) is 4.12. The van der Waals surface area contributed by atoms with E-state index in [1.165, 1.54) is 6.20 Å². The number of aliphatic hydroxyl groups is 1. The molecule has 0 amide bonds. The van der Waals surface area contributed by atoms with Crippen LogP contribution < -0.4 is 4.74 Å². The summed E-state index contributed by atoms with van der Waals surface area (Å²) < 4.78 is 11.5. The van der Waals surface area contributed by atoms with Gasteiger partial charge in [-0.1, -0.05) is 11.6 Å². The van der Waals surface area contributed by atoms with Gasteiger partial charge in [0.1, 0.15) is 6.10 Å². The van der Waals surface area contributed by atoms with Gasteiger partial charge in [0.15, 0.2) is 0 Å². The molecule has 0 radical (unpaired) electrons. The predicted octanol–water partition coefficient (Wildman–Crippen LogP) is 2.56. The lowest BCUT2D eigenvalue weighted by molar-refractivity contribution is -0.0729. The van der Waals surface area contributed by atoms with Crippen LogP contribution in [0.2, 0.25) is 5.02 Å². The van der Waals surface area contributed by atoms with Crippen molar-refractivity contribution < 1.29 is 14.6 Å². The number of hydrogen-bond donors (Lipinski definition) is 1. The van der Waals surface area contributed by atoms with E-state index in [0.29, 0.717) is 16.5 Å². The number of hydrogen-bond acceptors (Lipinski definition) is 4. The van der Waals surface area contributed by atoms with Crippen LogP contribution in [0.3, 0.4) is 0 Å². The number of nitrogens with zero attached hydrogens (tertiary/aromatic N) is 1. The van der Waals surface area contributed by atoms with Gasteiger partial charge in [-0.15, -0.1) is 0 Å². The molecule has 1 fully saturated rings. The fraction of sp³-hybridized carbons (Fsp3) is 0.615. The summed E-state index contributed by atoms with van der Waals surface area (Å²) in [5, 5.41) is 9.60. The third-order valence-corrected chi connectivity index (χ3v) is 3.36. The van der Waals surface area contributed by atoms with Gasteiger partial charge in [-0.25, -0.2) is 4.98 Å². The van der Waals surface area contributed by atoms with E-state index in [1.54, 1.807) is 6.07 Å². The Balaban J connectivity index is 2.04. The molecule has 5 heteroatoms. The third kappa shape index (κ3) is 3.34. The zero-order valence-electron chi connectivity index (χ0n) is 10.6. The molecular weight excluding hydrogens is 254 g/mol. The number of ether oxygens (including phenoxy) is 2. The first-order valence-electron chi connectivity index (χ1n) is 6.16. The second-order valence-electron chi connectivity index (χ2n) is 4.74. The molecule has 2 heterocycles. The number of aromatic nitrogens is 1. The van der Waals surface area contributed by atoms with Crippen LogP contribution in [-0.2, 0) is 11.3 Å². The van der Waals surface area contributed by atoms with Crippen LogP contribution in [0, 0.1) is 0 Å². The molecule has 0 bridgehead atoms. The molecule has 0 aromatic carbocycles. The molecule has 1 aliphatic heterocycles. The lowest BCUT2D eigenvalue weighted by Crippen LogP contribution is -2.35. The normalized spacial score (nSPS) is 28.1. The molecule has 18 heavy (non-hydrogen) atoms. The van der Waals surface area contributed by atoms with Gasteiger partial charge in [-0.2, -0.15) is 0 Å². The van der Waals surface area contributed by atoms with Crippen molar-refractivity contribution in [3.8, 4) is 5.88 Å². The van der Waals surface area contributed by atoms with Crippen molar-refractivity contribution in [2.45, 2.75) is 51.6 Å². The Morgan fingerprint density at radius 2 is 2.11 bits per heavy atom. The van der Waals surface area contributed by atoms with Crippen LogP contribution in [0.4, 0.5) is 0 Å². The molecular formula is C13H18ClNO3. The lowest BCUT2D eigenvalue weighted by atomic mass is 10.0. The molecule has 2 rings (SSSR count). The van der Waals surface area contributed by atoms with E-state index in [9.17, 15) is 0 Å². The fourth-order valence-electron chi connectivity index (χ4n) is 2.26. The maximum Gasteiger partial charge on any atom is 0.213 e. The minimum atomic E-state index is -0.113. The lowest BCUT2D eigenvalue weighted by Gasteiger charge is -2.32. The minimum absolute atomic E-state index is 0.101. The Labute approximate surface area is 112 Å². The van der Waals surface area contributed by atoms with Gasteiger partial charge in [0.25, 0.3) is 0 Å². The van der Waals surface area contributed by atoms with Crippen molar-refractivity contribution in [3.05, 3.63) is 22.8 Å². The molecule has 1 N–H and O–H groups in total.